The van der Waals surface area contributed by atoms with Crippen molar-refractivity contribution >= 4 is 57.6 Å². The number of aromatic nitrogens is 2. The van der Waals surface area contributed by atoms with Gasteiger partial charge in [-0.15, -0.1) is 0 Å². The normalized spacial score (nSPS) is 10.2. The number of aliphatic carboxylic acids is 1. The Labute approximate surface area is 138 Å². The fourth-order valence-corrected chi connectivity index (χ4v) is 2.54. The van der Waals surface area contributed by atoms with Gasteiger partial charge in [-0.05, 0) is 40.8 Å². The van der Waals surface area contributed by atoms with E-state index in [-0.39, 0.29) is 6.54 Å². The van der Waals surface area contributed by atoms with E-state index in [0.717, 1.165) is 3.57 Å². The van der Waals surface area contributed by atoms with Gasteiger partial charge in [-0.2, -0.15) is 5.10 Å². The summed E-state index contributed by atoms with van der Waals surface area (Å²) >= 11 is 7.89. The number of amides is 2. The first-order chi connectivity index (χ1) is 9.94. The molecule has 3 N–H and O–H groups in total. The molecule has 2 aromatic rings. The lowest BCUT2D eigenvalue weighted by Gasteiger charge is -2.08. The van der Waals surface area contributed by atoms with E-state index in [1.807, 2.05) is 0 Å². The molecule has 1 heterocycles. The van der Waals surface area contributed by atoms with Crippen LogP contribution in [0.25, 0.3) is 0 Å². The summed E-state index contributed by atoms with van der Waals surface area (Å²) in [6.07, 6.45) is 2.80. The van der Waals surface area contributed by atoms with Crippen molar-refractivity contribution in [1.82, 2.24) is 9.78 Å². The van der Waals surface area contributed by atoms with Gasteiger partial charge in [0.05, 0.1) is 17.6 Å². The van der Waals surface area contributed by atoms with Gasteiger partial charge in [0.25, 0.3) is 0 Å². The maximum atomic E-state index is 11.8. The van der Waals surface area contributed by atoms with E-state index in [1.165, 1.54) is 17.1 Å². The van der Waals surface area contributed by atoms with Crippen LogP contribution in [0.3, 0.4) is 0 Å². The molecule has 0 bridgehead atoms. The highest BCUT2D eigenvalue weighted by Crippen LogP contribution is 2.22. The van der Waals surface area contributed by atoms with Crippen LogP contribution in [0.4, 0.5) is 16.2 Å². The molecule has 1 aromatic carbocycles. The zero-order valence-corrected chi connectivity index (χ0v) is 13.4. The molecule has 0 spiro atoms. The first-order valence-electron chi connectivity index (χ1n) is 5.71. The zero-order chi connectivity index (χ0) is 15.4. The summed E-state index contributed by atoms with van der Waals surface area (Å²) in [6.45, 7) is -0.265. The summed E-state index contributed by atoms with van der Waals surface area (Å²) in [6, 6.07) is 4.63. The molecule has 0 aliphatic rings. The second-order valence-corrected chi connectivity index (χ2v) is 5.62. The van der Waals surface area contributed by atoms with Gasteiger partial charge in [-0.25, -0.2) is 4.79 Å². The molecule has 1 aromatic heterocycles. The average molecular weight is 421 g/mol. The second-order valence-electron chi connectivity index (χ2n) is 4.02. The summed E-state index contributed by atoms with van der Waals surface area (Å²) in [7, 11) is 0. The van der Waals surface area contributed by atoms with E-state index in [4.69, 9.17) is 16.7 Å². The minimum atomic E-state index is -1.01. The number of hydrogen-bond acceptors (Lipinski definition) is 3. The van der Waals surface area contributed by atoms with E-state index in [2.05, 4.69) is 38.3 Å². The number of nitrogens with zero attached hydrogens (tertiary/aromatic N) is 2. The standard InChI is InChI=1S/C12H10ClIN4O3/c13-7-1-2-10(9(14)3-7)17-12(21)16-8-4-15-18(5-8)6-11(19)20/h1-5H,6H2,(H,19,20)(H2,16,17,21). The molecule has 9 heteroatoms. The van der Waals surface area contributed by atoms with Gasteiger partial charge >= 0.3 is 12.0 Å². The number of carboxylic acids is 1. The van der Waals surface area contributed by atoms with Gasteiger partial charge in [0.1, 0.15) is 6.54 Å². The highest BCUT2D eigenvalue weighted by atomic mass is 127. The van der Waals surface area contributed by atoms with Gasteiger partial charge < -0.3 is 15.7 Å². The fraction of sp³-hybridized carbons (Fsp3) is 0.0833. The Bertz CT molecular complexity index is 689. The van der Waals surface area contributed by atoms with Gasteiger partial charge in [-0.3, -0.25) is 9.48 Å². The molecule has 0 atom stereocenters. The molecule has 0 radical (unpaired) electrons. The number of nitrogens with one attached hydrogen (secondary N) is 2. The predicted molar refractivity (Wildman–Crippen MR) is 86.7 cm³/mol. The van der Waals surface area contributed by atoms with Crippen LogP contribution >= 0.6 is 34.2 Å². The Kier molecular flexibility index (Phi) is 5.02. The number of anilines is 2. The maximum absolute atomic E-state index is 11.8. The Morgan fingerprint density at radius 2 is 2.14 bits per heavy atom. The van der Waals surface area contributed by atoms with Crippen LogP contribution in [0, 0.1) is 3.57 Å². The smallest absolute Gasteiger partial charge is 0.325 e. The zero-order valence-electron chi connectivity index (χ0n) is 10.5. The quantitative estimate of drug-likeness (QED) is 0.663. The number of halogens is 2. The van der Waals surface area contributed by atoms with Crippen molar-refractivity contribution in [3.8, 4) is 0 Å². The predicted octanol–water partition coefficient (Wildman–Crippen LogP) is 2.87. The monoisotopic (exact) mass is 420 g/mol. The highest BCUT2D eigenvalue weighted by Gasteiger charge is 2.08. The minimum absolute atomic E-state index is 0.265. The maximum Gasteiger partial charge on any atom is 0.325 e. The van der Waals surface area contributed by atoms with Gasteiger partial charge in [-0.1, -0.05) is 11.6 Å². The van der Waals surface area contributed by atoms with Crippen molar-refractivity contribution in [2.75, 3.05) is 10.6 Å². The number of benzene rings is 1. The van der Waals surface area contributed by atoms with Crippen molar-refractivity contribution in [2.45, 2.75) is 6.54 Å². The third-order valence-corrected chi connectivity index (χ3v) is 3.50. The summed E-state index contributed by atoms with van der Waals surface area (Å²) in [5.74, 6) is -1.01. The number of carbonyl (C=O) groups excluding carboxylic acids is 1. The van der Waals surface area contributed by atoms with E-state index in [1.54, 1.807) is 18.2 Å². The van der Waals surface area contributed by atoms with Crippen LogP contribution in [0.5, 0.6) is 0 Å². The summed E-state index contributed by atoms with van der Waals surface area (Å²) in [5, 5.41) is 18.3. The highest BCUT2D eigenvalue weighted by molar-refractivity contribution is 14.1. The fourth-order valence-electron chi connectivity index (χ4n) is 1.53. The molecule has 21 heavy (non-hydrogen) atoms. The Balaban J connectivity index is 1.98. The first kappa shape index (κ1) is 15.6. The molecule has 2 amide bonds. The Morgan fingerprint density at radius 1 is 1.38 bits per heavy atom. The average Bonchev–Trinajstić information content (AvgIpc) is 2.79. The summed E-state index contributed by atoms with van der Waals surface area (Å²) in [4.78, 5) is 22.4. The first-order valence-corrected chi connectivity index (χ1v) is 7.17. The van der Waals surface area contributed by atoms with Crippen LogP contribution in [0.2, 0.25) is 5.02 Å². The van der Waals surface area contributed by atoms with Gasteiger partial charge in [0.15, 0.2) is 0 Å². The second kappa shape index (κ2) is 6.76. The van der Waals surface area contributed by atoms with Gasteiger partial charge in [0, 0.05) is 14.8 Å². The van der Waals surface area contributed by atoms with Crippen LogP contribution in [-0.4, -0.2) is 26.9 Å². The van der Waals surface area contributed by atoms with Gasteiger partial charge in [0.2, 0.25) is 0 Å². The SMILES string of the molecule is O=C(O)Cn1cc(NC(=O)Nc2ccc(Cl)cc2I)cn1. The van der Waals surface area contributed by atoms with Crippen LogP contribution in [0.15, 0.2) is 30.6 Å². The number of carboxylic acid groups (broad SMARTS) is 1. The molecule has 0 saturated heterocycles. The molecule has 110 valence electrons. The van der Waals surface area contributed by atoms with Crippen molar-refractivity contribution in [2.24, 2.45) is 0 Å². The topological polar surface area (TPSA) is 96.2 Å². The van der Waals surface area contributed by atoms with Crippen LogP contribution in [-0.2, 0) is 11.3 Å². The largest absolute Gasteiger partial charge is 0.480 e. The number of rotatable bonds is 4. The number of carbonyl (C=O) groups is 2. The third-order valence-electron chi connectivity index (χ3n) is 2.37. The summed E-state index contributed by atoms with van der Waals surface area (Å²) in [5.41, 5.74) is 1.02. The third kappa shape index (κ3) is 4.60. The lowest BCUT2D eigenvalue weighted by Crippen LogP contribution is -2.19. The molecule has 0 fully saturated rings. The van der Waals surface area contributed by atoms with Crippen LogP contribution in [0.1, 0.15) is 0 Å². The molecular formula is C12H10ClIN4O3. The molecular weight excluding hydrogens is 411 g/mol. The van der Waals surface area contributed by atoms with E-state index in [0.29, 0.717) is 16.4 Å². The molecule has 7 nitrogen and oxygen atoms in total. The molecule has 0 unspecified atom stereocenters. The molecule has 0 saturated carbocycles. The van der Waals surface area contributed by atoms with Crippen molar-refractivity contribution < 1.29 is 14.7 Å². The number of urea groups is 1. The van der Waals surface area contributed by atoms with Crippen molar-refractivity contribution in [3.05, 3.63) is 39.2 Å². The molecule has 0 aliphatic carbocycles. The lowest BCUT2D eigenvalue weighted by molar-refractivity contribution is -0.137. The number of hydrogen-bond donors (Lipinski definition) is 3. The van der Waals surface area contributed by atoms with Crippen molar-refractivity contribution in [3.63, 3.8) is 0 Å². The summed E-state index contributed by atoms with van der Waals surface area (Å²) < 4.78 is 2.01. The molecule has 2 rings (SSSR count). The van der Waals surface area contributed by atoms with E-state index in [9.17, 15) is 9.59 Å². The van der Waals surface area contributed by atoms with E-state index >= 15 is 0 Å². The van der Waals surface area contributed by atoms with Crippen molar-refractivity contribution in [1.29, 1.82) is 0 Å². The van der Waals surface area contributed by atoms with Crippen LogP contribution < -0.4 is 10.6 Å². The Morgan fingerprint density at radius 3 is 2.81 bits per heavy atom. The minimum Gasteiger partial charge on any atom is -0.480 e. The van der Waals surface area contributed by atoms with E-state index < -0.39 is 12.0 Å². The molecule has 0 aliphatic heterocycles. The lowest BCUT2D eigenvalue weighted by atomic mass is 10.3. The Hall–Kier alpha value is -1.81.